The summed E-state index contributed by atoms with van der Waals surface area (Å²) in [6.45, 7) is 1.20. The van der Waals surface area contributed by atoms with Gasteiger partial charge in [0.15, 0.2) is 0 Å². The fraction of sp³-hybridized carbons (Fsp3) is 0.273. The van der Waals surface area contributed by atoms with Crippen LogP contribution in [0.2, 0.25) is 0 Å². The van der Waals surface area contributed by atoms with Crippen molar-refractivity contribution in [3.8, 4) is 0 Å². The van der Waals surface area contributed by atoms with Crippen LogP contribution < -0.4 is 15.5 Å². The highest BCUT2D eigenvalue weighted by molar-refractivity contribution is 6.05. The van der Waals surface area contributed by atoms with Crippen LogP contribution in [-0.2, 0) is 4.79 Å². The van der Waals surface area contributed by atoms with Gasteiger partial charge in [-0.05, 0) is 50.0 Å². The first-order chi connectivity index (χ1) is 13.4. The summed E-state index contributed by atoms with van der Waals surface area (Å²) in [4.78, 5) is 29.2. The van der Waals surface area contributed by atoms with Crippen LogP contribution in [-0.4, -0.2) is 58.0 Å². The van der Waals surface area contributed by atoms with Crippen LogP contribution in [0.5, 0.6) is 0 Å². The molecular formula is C22H28N4O2. The molecule has 2 amide bonds. The maximum atomic E-state index is 12.7. The van der Waals surface area contributed by atoms with Gasteiger partial charge < -0.3 is 20.4 Å². The van der Waals surface area contributed by atoms with E-state index < -0.39 is 0 Å². The van der Waals surface area contributed by atoms with Crippen LogP contribution in [0.15, 0.2) is 60.3 Å². The summed E-state index contributed by atoms with van der Waals surface area (Å²) >= 11 is 0. The average molecular weight is 380 g/mol. The quantitative estimate of drug-likeness (QED) is 0.689. The number of benzene rings is 2. The van der Waals surface area contributed by atoms with Crippen molar-refractivity contribution in [2.45, 2.75) is 0 Å². The van der Waals surface area contributed by atoms with Crippen LogP contribution in [0, 0.1) is 0 Å². The molecule has 0 atom stereocenters. The van der Waals surface area contributed by atoms with Crippen molar-refractivity contribution in [3.63, 3.8) is 0 Å². The van der Waals surface area contributed by atoms with E-state index in [-0.39, 0.29) is 17.5 Å². The predicted octanol–water partition coefficient (Wildman–Crippen LogP) is 2.20. The number of hydrogen-bond donors (Lipinski definition) is 2. The normalized spacial score (nSPS) is 11.2. The van der Waals surface area contributed by atoms with E-state index in [1.807, 2.05) is 68.3 Å². The summed E-state index contributed by atoms with van der Waals surface area (Å²) < 4.78 is 0. The number of anilines is 1. The number of carbonyl (C=O) groups excluding carboxylic acids is 2. The molecule has 6 heteroatoms. The summed E-state index contributed by atoms with van der Waals surface area (Å²) in [7, 11) is 7.81. The third kappa shape index (κ3) is 6.55. The monoisotopic (exact) mass is 380 g/mol. The Morgan fingerprint density at radius 1 is 0.929 bits per heavy atom. The molecule has 0 fully saturated rings. The van der Waals surface area contributed by atoms with Crippen molar-refractivity contribution in [1.82, 2.24) is 15.5 Å². The topological polar surface area (TPSA) is 64.7 Å². The average Bonchev–Trinajstić information content (AvgIpc) is 2.68. The molecule has 0 aromatic heterocycles. The van der Waals surface area contributed by atoms with Gasteiger partial charge in [0.2, 0.25) is 0 Å². The molecule has 2 rings (SSSR count). The first-order valence-corrected chi connectivity index (χ1v) is 9.15. The lowest BCUT2D eigenvalue weighted by atomic mass is 10.1. The van der Waals surface area contributed by atoms with Crippen molar-refractivity contribution in [1.29, 1.82) is 0 Å². The van der Waals surface area contributed by atoms with Gasteiger partial charge in [-0.3, -0.25) is 9.59 Å². The second-order valence-electron chi connectivity index (χ2n) is 6.92. The molecule has 0 bridgehead atoms. The molecule has 2 aromatic rings. The molecular weight excluding hydrogens is 352 g/mol. The number of carbonyl (C=O) groups is 2. The van der Waals surface area contributed by atoms with Crippen LogP contribution >= 0.6 is 0 Å². The van der Waals surface area contributed by atoms with Gasteiger partial charge in [-0.1, -0.05) is 30.3 Å². The maximum absolute atomic E-state index is 12.7. The number of nitrogens with zero attached hydrogens (tertiary/aromatic N) is 2. The molecule has 28 heavy (non-hydrogen) atoms. The summed E-state index contributed by atoms with van der Waals surface area (Å²) in [6.07, 6.45) is 1.69. The fourth-order valence-corrected chi connectivity index (χ4v) is 2.47. The van der Waals surface area contributed by atoms with Gasteiger partial charge in [-0.2, -0.15) is 0 Å². The minimum Gasteiger partial charge on any atom is -0.378 e. The van der Waals surface area contributed by atoms with Crippen molar-refractivity contribution in [2.75, 3.05) is 46.2 Å². The van der Waals surface area contributed by atoms with Crippen LogP contribution in [0.4, 0.5) is 5.69 Å². The molecule has 0 saturated carbocycles. The molecule has 0 unspecified atom stereocenters. The number of likely N-dealkylation sites (N-methyl/N-ethyl adjacent to an activating group) is 1. The highest BCUT2D eigenvalue weighted by Crippen LogP contribution is 2.14. The van der Waals surface area contributed by atoms with Gasteiger partial charge in [-0.15, -0.1) is 0 Å². The van der Waals surface area contributed by atoms with Crippen molar-refractivity contribution in [3.05, 3.63) is 71.4 Å². The second-order valence-corrected chi connectivity index (χ2v) is 6.92. The zero-order valence-electron chi connectivity index (χ0n) is 16.9. The van der Waals surface area contributed by atoms with Gasteiger partial charge >= 0.3 is 0 Å². The fourth-order valence-electron chi connectivity index (χ4n) is 2.47. The van der Waals surface area contributed by atoms with Gasteiger partial charge in [-0.25, -0.2) is 0 Å². The molecule has 0 spiro atoms. The van der Waals surface area contributed by atoms with E-state index in [9.17, 15) is 9.59 Å². The van der Waals surface area contributed by atoms with E-state index in [0.717, 1.165) is 11.3 Å². The Hall–Kier alpha value is -3.12. The summed E-state index contributed by atoms with van der Waals surface area (Å²) in [5.41, 5.74) is 2.60. The summed E-state index contributed by atoms with van der Waals surface area (Å²) in [5.74, 6) is -0.637. The number of hydrogen-bond acceptors (Lipinski definition) is 4. The van der Waals surface area contributed by atoms with Crippen molar-refractivity contribution >= 4 is 23.6 Å². The molecule has 0 aliphatic rings. The number of amides is 2. The van der Waals surface area contributed by atoms with Crippen LogP contribution in [0.3, 0.4) is 0 Å². The lowest BCUT2D eigenvalue weighted by Crippen LogP contribution is -2.37. The highest BCUT2D eigenvalue weighted by atomic mass is 16.2. The zero-order valence-corrected chi connectivity index (χ0v) is 16.9. The number of nitrogens with one attached hydrogen (secondary N) is 2. The Morgan fingerprint density at radius 3 is 2.14 bits per heavy atom. The molecule has 6 nitrogen and oxygen atoms in total. The molecule has 2 aromatic carbocycles. The molecule has 0 aliphatic carbocycles. The standard InChI is InChI=1S/C22H28N4O2/c1-25(2)15-14-23-22(28)20(24-21(27)18-8-6-5-7-9-18)16-17-10-12-19(13-11-17)26(3)4/h5-13,16H,14-15H2,1-4H3,(H,23,28)(H,24,27). The maximum Gasteiger partial charge on any atom is 0.267 e. The molecule has 0 saturated heterocycles. The van der Waals surface area contributed by atoms with Gasteiger partial charge in [0.05, 0.1) is 0 Å². The van der Waals surface area contributed by atoms with E-state index >= 15 is 0 Å². The third-order valence-electron chi connectivity index (χ3n) is 4.09. The van der Waals surface area contributed by atoms with Crippen LogP contribution in [0.1, 0.15) is 15.9 Å². The van der Waals surface area contributed by atoms with E-state index in [1.54, 1.807) is 30.3 Å². The third-order valence-corrected chi connectivity index (χ3v) is 4.09. The molecule has 0 heterocycles. The molecule has 0 radical (unpaired) electrons. The van der Waals surface area contributed by atoms with Crippen LogP contribution in [0.25, 0.3) is 6.08 Å². The lowest BCUT2D eigenvalue weighted by Gasteiger charge is -2.14. The van der Waals surface area contributed by atoms with E-state index in [2.05, 4.69) is 10.6 Å². The second kappa shape index (κ2) is 10.3. The minimum atomic E-state index is -0.320. The minimum absolute atomic E-state index is 0.213. The van der Waals surface area contributed by atoms with Crippen molar-refractivity contribution in [2.24, 2.45) is 0 Å². The smallest absolute Gasteiger partial charge is 0.267 e. The Kier molecular flexibility index (Phi) is 7.77. The van der Waals surface area contributed by atoms with E-state index in [4.69, 9.17) is 0 Å². The highest BCUT2D eigenvalue weighted by Gasteiger charge is 2.14. The van der Waals surface area contributed by atoms with E-state index in [1.165, 1.54) is 0 Å². The Labute approximate surface area is 166 Å². The number of rotatable bonds is 8. The molecule has 0 aliphatic heterocycles. The van der Waals surface area contributed by atoms with Gasteiger partial charge in [0, 0.05) is 38.4 Å². The largest absolute Gasteiger partial charge is 0.378 e. The predicted molar refractivity (Wildman–Crippen MR) is 114 cm³/mol. The first kappa shape index (κ1) is 21.2. The first-order valence-electron chi connectivity index (χ1n) is 9.15. The Morgan fingerprint density at radius 2 is 1.57 bits per heavy atom. The molecule has 2 N–H and O–H groups in total. The van der Waals surface area contributed by atoms with E-state index in [0.29, 0.717) is 18.7 Å². The van der Waals surface area contributed by atoms with Crippen molar-refractivity contribution < 1.29 is 9.59 Å². The Balaban J connectivity index is 2.21. The van der Waals surface area contributed by atoms with Gasteiger partial charge in [0.25, 0.3) is 11.8 Å². The lowest BCUT2D eigenvalue weighted by molar-refractivity contribution is -0.117. The summed E-state index contributed by atoms with van der Waals surface area (Å²) in [5, 5.41) is 5.59. The Bertz CT molecular complexity index is 812. The molecule has 148 valence electrons. The SMILES string of the molecule is CN(C)CCNC(=O)C(=Cc1ccc(N(C)C)cc1)NC(=O)c1ccccc1. The summed E-state index contributed by atoms with van der Waals surface area (Å²) in [6, 6.07) is 16.6. The van der Waals surface area contributed by atoms with Gasteiger partial charge in [0.1, 0.15) is 5.70 Å². The zero-order chi connectivity index (χ0) is 20.5.